The molecule has 2 heterocycles. The van der Waals surface area contributed by atoms with Crippen molar-refractivity contribution in [3.63, 3.8) is 0 Å². The van der Waals surface area contributed by atoms with Crippen LogP contribution in [0.4, 0.5) is 0 Å². The predicted octanol–water partition coefficient (Wildman–Crippen LogP) is 3.23. The minimum atomic E-state index is 0.761. The lowest BCUT2D eigenvalue weighted by Gasteiger charge is -2.24. The molecule has 1 aromatic rings. The average Bonchev–Trinajstić information content (AvgIpc) is 2.90. The first-order valence-electron chi connectivity index (χ1n) is 6.51. The maximum atomic E-state index is 3.67. The summed E-state index contributed by atoms with van der Waals surface area (Å²) in [6, 6.07) is 3.86. The molecule has 1 aliphatic heterocycles. The van der Waals surface area contributed by atoms with Gasteiger partial charge in [0.15, 0.2) is 0 Å². The van der Waals surface area contributed by atoms with E-state index < -0.39 is 0 Å². The maximum Gasteiger partial charge on any atom is 0.0331 e. The first-order chi connectivity index (χ1) is 8.31. The van der Waals surface area contributed by atoms with Crippen LogP contribution in [0.15, 0.2) is 15.9 Å². The van der Waals surface area contributed by atoms with Gasteiger partial charge in [0.05, 0.1) is 0 Å². The Balaban J connectivity index is 1.53. The highest BCUT2D eigenvalue weighted by Gasteiger charge is 2.27. The molecule has 4 heteroatoms. The van der Waals surface area contributed by atoms with Crippen molar-refractivity contribution in [2.75, 3.05) is 13.1 Å². The van der Waals surface area contributed by atoms with E-state index in [0.717, 1.165) is 18.6 Å². The number of thiophene rings is 1. The quantitative estimate of drug-likeness (QED) is 0.897. The summed E-state index contributed by atoms with van der Waals surface area (Å²) in [5.41, 5.74) is 0. The summed E-state index contributed by atoms with van der Waals surface area (Å²) in [5.74, 6) is 0. The van der Waals surface area contributed by atoms with E-state index in [1.54, 1.807) is 0 Å². The smallest absolute Gasteiger partial charge is 0.0331 e. The summed E-state index contributed by atoms with van der Waals surface area (Å²) in [7, 11) is 0. The molecule has 2 aliphatic rings. The Bertz CT molecular complexity index is 375. The molecule has 0 amide bonds. The van der Waals surface area contributed by atoms with E-state index in [1.165, 1.54) is 48.1 Å². The Hall–Kier alpha value is 0.1000. The van der Waals surface area contributed by atoms with Crippen LogP contribution in [-0.2, 0) is 6.54 Å². The van der Waals surface area contributed by atoms with Crippen molar-refractivity contribution in [1.29, 1.82) is 0 Å². The molecule has 2 fully saturated rings. The molecular formula is C13H19BrN2S. The molecule has 1 atom stereocenters. The molecule has 1 saturated heterocycles. The van der Waals surface area contributed by atoms with Crippen LogP contribution < -0.4 is 5.32 Å². The molecule has 1 aliphatic carbocycles. The fourth-order valence-electron chi connectivity index (χ4n) is 2.56. The number of hydrogen-bond donors (Lipinski definition) is 1. The normalized spacial score (nSPS) is 25.6. The van der Waals surface area contributed by atoms with Crippen LogP contribution >= 0.6 is 27.3 Å². The summed E-state index contributed by atoms with van der Waals surface area (Å²) in [4.78, 5) is 4.13. The van der Waals surface area contributed by atoms with Crippen molar-refractivity contribution in [2.24, 2.45) is 0 Å². The number of likely N-dealkylation sites (tertiary alicyclic amines) is 1. The van der Waals surface area contributed by atoms with Crippen molar-refractivity contribution >= 4 is 27.3 Å². The van der Waals surface area contributed by atoms with Crippen LogP contribution in [0.25, 0.3) is 0 Å². The van der Waals surface area contributed by atoms with E-state index in [9.17, 15) is 0 Å². The van der Waals surface area contributed by atoms with Gasteiger partial charge in [0.25, 0.3) is 0 Å². The molecule has 3 rings (SSSR count). The lowest BCUT2D eigenvalue weighted by Crippen LogP contribution is -2.38. The fraction of sp³-hybridized carbons (Fsp3) is 0.692. The van der Waals surface area contributed by atoms with Gasteiger partial charge in [-0.05, 0) is 54.2 Å². The second-order valence-electron chi connectivity index (χ2n) is 5.18. The van der Waals surface area contributed by atoms with Gasteiger partial charge in [-0.3, -0.25) is 4.90 Å². The Morgan fingerprint density at radius 1 is 1.41 bits per heavy atom. The van der Waals surface area contributed by atoms with E-state index in [-0.39, 0.29) is 0 Å². The zero-order valence-corrected chi connectivity index (χ0v) is 12.4. The van der Waals surface area contributed by atoms with Gasteiger partial charge in [-0.25, -0.2) is 0 Å². The highest BCUT2D eigenvalue weighted by Crippen LogP contribution is 2.26. The van der Waals surface area contributed by atoms with Crippen LogP contribution in [0.5, 0.6) is 0 Å². The van der Waals surface area contributed by atoms with Gasteiger partial charge < -0.3 is 5.32 Å². The SMILES string of the molecule is Brc1csc(CN2CCCC2CNC2CC2)c1. The van der Waals surface area contributed by atoms with Gasteiger partial charge in [0.2, 0.25) is 0 Å². The second kappa shape index (κ2) is 5.39. The van der Waals surface area contributed by atoms with Crippen molar-refractivity contribution in [3.8, 4) is 0 Å². The van der Waals surface area contributed by atoms with Crippen molar-refractivity contribution in [2.45, 2.75) is 44.3 Å². The molecule has 1 N–H and O–H groups in total. The Morgan fingerprint density at radius 2 is 2.29 bits per heavy atom. The standard InChI is InChI=1S/C13H19BrN2S/c14-10-6-13(17-9-10)8-16-5-1-2-12(16)7-15-11-3-4-11/h6,9,11-12,15H,1-5,7-8H2. The van der Waals surface area contributed by atoms with Gasteiger partial charge in [-0.2, -0.15) is 0 Å². The topological polar surface area (TPSA) is 15.3 Å². The van der Waals surface area contributed by atoms with Crippen LogP contribution in [0, 0.1) is 0 Å². The van der Waals surface area contributed by atoms with E-state index >= 15 is 0 Å². The van der Waals surface area contributed by atoms with E-state index in [4.69, 9.17) is 0 Å². The lowest BCUT2D eigenvalue weighted by atomic mass is 10.2. The van der Waals surface area contributed by atoms with Crippen molar-refractivity contribution < 1.29 is 0 Å². The lowest BCUT2D eigenvalue weighted by molar-refractivity contribution is 0.241. The Labute approximate surface area is 116 Å². The number of hydrogen-bond acceptors (Lipinski definition) is 3. The largest absolute Gasteiger partial charge is 0.312 e. The molecule has 0 spiro atoms. The molecule has 1 aromatic heterocycles. The summed E-state index contributed by atoms with van der Waals surface area (Å²) in [6.07, 6.45) is 5.52. The van der Waals surface area contributed by atoms with E-state index in [0.29, 0.717) is 0 Å². The van der Waals surface area contributed by atoms with Crippen LogP contribution in [0.3, 0.4) is 0 Å². The van der Waals surface area contributed by atoms with Crippen LogP contribution in [0.1, 0.15) is 30.6 Å². The molecule has 2 nitrogen and oxygen atoms in total. The van der Waals surface area contributed by atoms with Gasteiger partial charge >= 0.3 is 0 Å². The van der Waals surface area contributed by atoms with Gasteiger partial charge in [0, 0.05) is 39.9 Å². The summed E-state index contributed by atoms with van der Waals surface area (Å²) in [6.45, 7) is 3.59. The molecule has 0 radical (unpaired) electrons. The first kappa shape index (κ1) is 12.2. The molecule has 0 aromatic carbocycles. The third kappa shape index (κ3) is 3.31. The minimum absolute atomic E-state index is 0.761. The molecule has 1 unspecified atom stereocenters. The number of nitrogens with zero attached hydrogens (tertiary/aromatic N) is 1. The van der Waals surface area contributed by atoms with Gasteiger partial charge in [-0.15, -0.1) is 11.3 Å². The average molecular weight is 315 g/mol. The Morgan fingerprint density at radius 3 is 3.00 bits per heavy atom. The fourth-order valence-corrected chi connectivity index (χ4v) is 4.04. The van der Waals surface area contributed by atoms with Gasteiger partial charge in [-0.1, -0.05) is 0 Å². The van der Waals surface area contributed by atoms with Gasteiger partial charge in [0.1, 0.15) is 0 Å². The minimum Gasteiger partial charge on any atom is -0.312 e. The molecule has 94 valence electrons. The molecule has 0 bridgehead atoms. The van der Waals surface area contributed by atoms with Crippen LogP contribution in [-0.4, -0.2) is 30.1 Å². The molecule has 1 saturated carbocycles. The second-order valence-corrected chi connectivity index (χ2v) is 7.09. The van der Waals surface area contributed by atoms with Crippen molar-refractivity contribution in [1.82, 2.24) is 10.2 Å². The highest BCUT2D eigenvalue weighted by atomic mass is 79.9. The van der Waals surface area contributed by atoms with Crippen LogP contribution in [0.2, 0.25) is 0 Å². The maximum absolute atomic E-state index is 3.67. The van der Waals surface area contributed by atoms with Crippen molar-refractivity contribution in [3.05, 3.63) is 20.8 Å². The number of rotatable bonds is 5. The zero-order valence-electron chi connectivity index (χ0n) is 9.99. The highest BCUT2D eigenvalue weighted by molar-refractivity contribution is 9.10. The zero-order chi connectivity index (χ0) is 11.7. The predicted molar refractivity (Wildman–Crippen MR) is 76.5 cm³/mol. The number of nitrogens with one attached hydrogen (secondary N) is 1. The summed E-state index contributed by atoms with van der Waals surface area (Å²) in [5, 5.41) is 5.86. The Kier molecular flexibility index (Phi) is 3.85. The summed E-state index contributed by atoms with van der Waals surface area (Å²) < 4.78 is 1.23. The third-order valence-electron chi connectivity index (χ3n) is 3.70. The molecular weight excluding hydrogens is 296 g/mol. The first-order valence-corrected chi connectivity index (χ1v) is 8.19. The monoisotopic (exact) mass is 314 g/mol. The summed E-state index contributed by atoms with van der Waals surface area (Å²) >= 11 is 5.40. The molecule has 17 heavy (non-hydrogen) atoms. The third-order valence-corrected chi connectivity index (χ3v) is 5.38. The number of halogens is 1. The van der Waals surface area contributed by atoms with E-state index in [2.05, 4.69) is 37.6 Å². The van der Waals surface area contributed by atoms with E-state index in [1.807, 2.05) is 11.3 Å².